The van der Waals surface area contributed by atoms with Crippen LogP contribution in [0.5, 0.6) is 0 Å². The Hall–Kier alpha value is -1.06. The monoisotopic (exact) mass is 318 g/mol. The first-order chi connectivity index (χ1) is 10.6. The third kappa shape index (κ3) is 5.82. The van der Waals surface area contributed by atoms with Crippen LogP contribution >= 0.6 is 0 Å². The fourth-order valence-corrected chi connectivity index (χ4v) is 2.88. The molecule has 1 aromatic carbocycles. The molecule has 130 valence electrons. The molecule has 3 nitrogen and oxygen atoms in total. The van der Waals surface area contributed by atoms with Gasteiger partial charge in [0.05, 0.1) is 12.2 Å². The molecule has 3 heteroatoms. The largest absolute Gasteiger partial charge is 0.375 e. The number of hydrogen-bond acceptors (Lipinski definition) is 3. The predicted octanol–water partition coefficient (Wildman–Crippen LogP) is 3.92. The van der Waals surface area contributed by atoms with Crippen LogP contribution in [0.25, 0.3) is 0 Å². The minimum atomic E-state index is -0.0311. The van der Waals surface area contributed by atoms with Gasteiger partial charge < -0.3 is 9.64 Å². The average molecular weight is 319 g/mol. The Kier molecular flexibility index (Phi) is 5.74. The molecular formula is C20H34N2O. The van der Waals surface area contributed by atoms with Gasteiger partial charge in [0, 0.05) is 38.4 Å². The number of rotatable bonds is 4. The molecule has 0 N–H and O–H groups in total. The summed E-state index contributed by atoms with van der Waals surface area (Å²) in [5.74, 6) is 0. The lowest BCUT2D eigenvalue weighted by atomic mass is 9.87. The summed E-state index contributed by atoms with van der Waals surface area (Å²) in [5, 5.41) is 0. The third-order valence-corrected chi connectivity index (χ3v) is 4.41. The molecule has 2 rings (SSSR count). The molecule has 1 aliphatic heterocycles. The van der Waals surface area contributed by atoms with E-state index in [0.717, 1.165) is 39.3 Å². The van der Waals surface area contributed by atoms with Crippen molar-refractivity contribution in [3.05, 3.63) is 29.8 Å². The van der Waals surface area contributed by atoms with Crippen molar-refractivity contribution in [3.63, 3.8) is 0 Å². The van der Waals surface area contributed by atoms with Crippen molar-refractivity contribution >= 4 is 5.69 Å². The highest BCUT2D eigenvalue weighted by Gasteiger charge is 2.19. The maximum Gasteiger partial charge on any atom is 0.0600 e. The van der Waals surface area contributed by atoms with Gasteiger partial charge in [-0.15, -0.1) is 0 Å². The van der Waals surface area contributed by atoms with E-state index in [1.165, 1.54) is 11.3 Å². The summed E-state index contributed by atoms with van der Waals surface area (Å²) >= 11 is 0. The summed E-state index contributed by atoms with van der Waals surface area (Å²) in [5.41, 5.74) is 2.95. The smallest absolute Gasteiger partial charge is 0.0600 e. The van der Waals surface area contributed by atoms with Gasteiger partial charge in [0.2, 0.25) is 0 Å². The van der Waals surface area contributed by atoms with Gasteiger partial charge >= 0.3 is 0 Å². The van der Waals surface area contributed by atoms with Crippen LogP contribution in [0.2, 0.25) is 0 Å². The number of ether oxygens (including phenoxy) is 1. The lowest BCUT2D eigenvalue weighted by Gasteiger charge is -2.36. The molecule has 0 radical (unpaired) electrons. The molecule has 0 atom stereocenters. The average Bonchev–Trinajstić information content (AvgIpc) is 2.46. The second-order valence-corrected chi connectivity index (χ2v) is 8.59. The van der Waals surface area contributed by atoms with Crippen molar-refractivity contribution in [3.8, 4) is 0 Å². The van der Waals surface area contributed by atoms with Crippen molar-refractivity contribution in [2.45, 2.75) is 52.6 Å². The zero-order valence-electron chi connectivity index (χ0n) is 15.9. The standard InChI is InChI=1S/C20H34N2O/c1-19(2,3)17-7-9-18(10-8-17)22-13-11-21(12-14-22)15-16-23-20(4,5)6/h7-10H,11-16H2,1-6H3. The quantitative estimate of drug-likeness (QED) is 0.837. The predicted molar refractivity (Wildman–Crippen MR) is 99.5 cm³/mol. The van der Waals surface area contributed by atoms with E-state index in [4.69, 9.17) is 4.74 Å². The lowest BCUT2D eigenvalue weighted by Crippen LogP contribution is -2.47. The molecule has 1 fully saturated rings. The van der Waals surface area contributed by atoms with Crippen LogP contribution in [0.1, 0.15) is 47.1 Å². The molecular weight excluding hydrogens is 284 g/mol. The van der Waals surface area contributed by atoms with Crippen molar-refractivity contribution in [2.75, 3.05) is 44.2 Å². The van der Waals surface area contributed by atoms with E-state index in [0.29, 0.717) is 0 Å². The van der Waals surface area contributed by atoms with E-state index in [2.05, 4.69) is 75.6 Å². The minimum Gasteiger partial charge on any atom is -0.375 e. The fourth-order valence-electron chi connectivity index (χ4n) is 2.88. The minimum absolute atomic E-state index is 0.0311. The third-order valence-electron chi connectivity index (χ3n) is 4.41. The number of nitrogens with zero attached hydrogens (tertiary/aromatic N) is 2. The van der Waals surface area contributed by atoms with E-state index < -0.39 is 0 Å². The van der Waals surface area contributed by atoms with Crippen LogP contribution in [-0.4, -0.2) is 49.8 Å². The van der Waals surface area contributed by atoms with Crippen LogP contribution in [0.3, 0.4) is 0 Å². The van der Waals surface area contributed by atoms with Crippen molar-refractivity contribution < 1.29 is 4.74 Å². The summed E-state index contributed by atoms with van der Waals surface area (Å²) in [4.78, 5) is 5.00. The van der Waals surface area contributed by atoms with Gasteiger partial charge in [-0.05, 0) is 43.9 Å². The summed E-state index contributed by atoms with van der Waals surface area (Å²) in [6.07, 6.45) is 0. The molecule has 0 aliphatic carbocycles. The van der Waals surface area contributed by atoms with Gasteiger partial charge in [-0.2, -0.15) is 0 Å². The van der Waals surface area contributed by atoms with Crippen molar-refractivity contribution in [1.29, 1.82) is 0 Å². The molecule has 0 bridgehead atoms. The molecule has 1 aliphatic rings. The van der Waals surface area contributed by atoms with Gasteiger partial charge in [-0.3, -0.25) is 4.90 Å². The molecule has 0 aromatic heterocycles. The summed E-state index contributed by atoms with van der Waals surface area (Å²) in [6, 6.07) is 9.11. The van der Waals surface area contributed by atoms with E-state index in [-0.39, 0.29) is 11.0 Å². The van der Waals surface area contributed by atoms with E-state index >= 15 is 0 Å². The summed E-state index contributed by atoms with van der Waals surface area (Å²) in [7, 11) is 0. The molecule has 0 amide bonds. The van der Waals surface area contributed by atoms with Gasteiger partial charge in [0.1, 0.15) is 0 Å². The van der Waals surface area contributed by atoms with Crippen LogP contribution in [-0.2, 0) is 10.2 Å². The Morgan fingerprint density at radius 3 is 1.91 bits per heavy atom. The van der Waals surface area contributed by atoms with Crippen LogP contribution < -0.4 is 4.90 Å². The van der Waals surface area contributed by atoms with Gasteiger partial charge in [-0.25, -0.2) is 0 Å². The number of piperazine rings is 1. The molecule has 1 heterocycles. The Morgan fingerprint density at radius 1 is 0.870 bits per heavy atom. The Bertz CT molecular complexity index is 474. The number of benzene rings is 1. The van der Waals surface area contributed by atoms with Crippen LogP contribution in [0.15, 0.2) is 24.3 Å². The molecule has 0 saturated carbocycles. The topological polar surface area (TPSA) is 15.7 Å². The zero-order chi connectivity index (χ0) is 17.1. The first kappa shape index (κ1) is 18.3. The number of anilines is 1. The van der Waals surface area contributed by atoms with Gasteiger partial charge in [0.25, 0.3) is 0 Å². The molecule has 0 spiro atoms. The Labute approximate surface area is 142 Å². The molecule has 1 saturated heterocycles. The first-order valence-corrected chi connectivity index (χ1v) is 8.87. The van der Waals surface area contributed by atoms with Crippen molar-refractivity contribution in [2.24, 2.45) is 0 Å². The van der Waals surface area contributed by atoms with Crippen molar-refractivity contribution in [1.82, 2.24) is 4.90 Å². The van der Waals surface area contributed by atoms with Gasteiger partial charge in [-0.1, -0.05) is 32.9 Å². The molecule has 23 heavy (non-hydrogen) atoms. The Balaban J connectivity index is 1.80. The maximum atomic E-state index is 5.83. The SMILES string of the molecule is CC(C)(C)OCCN1CCN(c2ccc(C(C)(C)C)cc2)CC1. The van der Waals surface area contributed by atoms with Crippen LogP contribution in [0, 0.1) is 0 Å². The second kappa shape index (κ2) is 7.23. The maximum absolute atomic E-state index is 5.83. The van der Waals surface area contributed by atoms with E-state index in [1.54, 1.807) is 0 Å². The number of hydrogen-bond donors (Lipinski definition) is 0. The van der Waals surface area contributed by atoms with Gasteiger partial charge in [0.15, 0.2) is 0 Å². The Morgan fingerprint density at radius 2 is 1.43 bits per heavy atom. The zero-order valence-corrected chi connectivity index (χ0v) is 15.9. The summed E-state index contributed by atoms with van der Waals surface area (Å²) in [6.45, 7) is 19.4. The lowest BCUT2D eigenvalue weighted by molar-refractivity contribution is -0.0135. The first-order valence-electron chi connectivity index (χ1n) is 8.87. The highest BCUT2D eigenvalue weighted by Crippen LogP contribution is 2.25. The second-order valence-electron chi connectivity index (χ2n) is 8.59. The molecule has 1 aromatic rings. The van der Waals surface area contributed by atoms with Crippen LogP contribution in [0.4, 0.5) is 5.69 Å². The summed E-state index contributed by atoms with van der Waals surface area (Å²) < 4.78 is 5.83. The van der Waals surface area contributed by atoms with E-state index in [9.17, 15) is 0 Å². The van der Waals surface area contributed by atoms with E-state index in [1.807, 2.05) is 0 Å². The highest BCUT2D eigenvalue weighted by molar-refractivity contribution is 5.49. The highest BCUT2D eigenvalue weighted by atomic mass is 16.5. The normalized spacial score (nSPS) is 17.6. The molecule has 0 unspecified atom stereocenters. The fraction of sp³-hybridized carbons (Fsp3) is 0.700.